The third kappa shape index (κ3) is 5.30. The Kier molecular flexibility index (Phi) is 6.67. The van der Waals surface area contributed by atoms with Crippen LogP contribution in [-0.4, -0.2) is 19.1 Å². The molecule has 24 heavy (non-hydrogen) atoms. The van der Waals surface area contributed by atoms with Gasteiger partial charge in [0.05, 0.1) is 18.8 Å². The zero-order valence-corrected chi connectivity index (χ0v) is 14.5. The highest BCUT2D eigenvalue weighted by Crippen LogP contribution is 2.22. The SMILES string of the molecule is CCCOc1ccccc1C(=O)Nc1cccc(OCC(C)C)c1. The molecule has 0 spiro atoms. The monoisotopic (exact) mass is 327 g/mol. The van der Waals surface area contributed by atoms with E-state index < -0.39 is 0 Å². The number of hydrogen-bond acceptors (Lipinski definition) is 3. The maximum absolute atomic E-state index is 12.5. The standard InChI is InChI=1S/C20H25NO3/c1-4-12-23-19-11-6-5-10-18(19)20(22)21-16-8-7-9-17(13-16)24-14-15(2)3/h5-11,13,15H,4,12,14H2,1-3H3,(H,21,22). The average molecular weight is 327 g/mol. The van der Waals surface area contributed by atoms with Crippen LogP contribution in [0.3, 0.4) is 0 Å². The van der Waals surface area contributed by atoms with Crippen molar-refractivity contribution in [2.45, 2.75) is 27.2 Å². The van der Waals surface area contributed by atoms with Crippen molar-refractivity contribution < 1.29 is 14.3 Å². The van der Waals surface area contributed by atoms with Crippen LogP contribution >= 0.6 is 0 Å². The quantitative estimate of drug-likeness (QED) is 0.760. The maximum atomic E-state index is 12.5. The molecule has 0 aliphatic heterocycles. The van der Waals surface area contributed by atoms with Gasteiger partial charge in [-0.2, -0.15) is 0 Å². The molecule has 0 radical (unpaired) electrons. The predicted molar refractivity (Wildman–Crippen MR) is 97.0 cm³/mol. The Balaban J connectivity index is 2.08. The van der Waals surface area contributed by atoms with Crippen molar-refractivity contribution in [1.82, 2.24) is 0 Å². The maximum Gasteiger partial charge on any atom is 0.259 e. The molecule has 0 aromatic heterocycles. The molecule has 0 heterocycles. The highest BCUT2D eigenvalue weighted by Gasteiger charge is 2.12. The molecule has 4 nitrogen and oxygen atoms in total. The summed E-state index contributed by atoms with van der Waals surface area (Å²) in [7, 11) is 0. The van der Waals surface area contributed by atoms with E-state index in [-0.39, 0.29) is 5.91 Å². The van der Waals surface area contributed by atoms with Gasteiger partial charge in [-0.15, -0.1) is 0 Å². The molecular formula is C20H25NO3. The third-order valence-corrected chi connectivity index (χ3v) is 3.27. The van der Waals surface area contributed by atoms with Gasteiger partial charge < -0.3 is 14.8 Å². The Labute approximate surface area is 143 Å². The molecule has 128 valence electrons. The molecule has 0 atom stereocenters. The van der Waals surface area contributed by atoms with Gasteiger partial charge in [-0.05, 0) is 36.6 Å². The number of carbonyl (C=O) groups is 1. The molecule has 2 aromatic carbocycles. The molecule has 2 rings (SSSR count). The number of hydrogen-bond donors (Lipinski definition) is 1. The van der Waals surface area contributed by atoms with Gasteiger partial charge in [0.1, 0.15) is 11.5 Å². The summed E-state index contributed by atoms with van der Waals surface area (Å²) in [4.78, 5) is 12.5. The summed E-state index contributed by atoms with van der Waals surface area (Å²) in [5.41, 5.74) is 1.23. The molecule has 1 amide bonds. The number of ether oxygens (including phenoxy) is 2. The summed E-state index contributed by atoms with van der Waals surface area (Å²) in [6.07, 6.45) is 0.894. The van der Waals surface area contributed by atoms with Gasteiger partial charge in [-0.3, -0.25) is 4.79 Å². The number of anilines is 1. The fraction of sp³-hybridized carbons (Fsp3) is 0.350. The van der Waals surface area contributed by atoms with E-state index in [1.807, 2.05) is 49.4 Å². The lowest BCUT2D eigenvalue weighted by atomic mass is 10.2. The van der Waals surface area contributed by atoms with Gasteiger partial charge in [0, 0.05) is 11.8 Å². The Hall–Kier alpha value is -2.49. The van der Waals surface area contributed by atoms with Crippen molar-refractivity contribution in [3.05, 3.63) is 54.1 Å². The second-order valence-corrected chi connectivity index (χ2v) is 6.03. The van der Waals surface area contributed by atoms with E-state index in [0.717, 1.165) is 12.2 Å². The van der Waals surface area contributed by atoms with Gasteiger partial charge in [0.25, 0.3) is 5.91 Å². The van der Waals surface area contributed by atoms with E-state index in [1.54, 1.807) is 6.07 Å². The van der Waals surface area contributed by atoms with Crippen LogP contribution in [0.2, 0.25) is 0 Å². The van der Waals surface area contributed by atoms with E-state index >= 15 is 0 Å². The lowest BCUT2D eigenvalue weighted by Gasteiger charge is -2.12. The molecule has 4 heteroatoms. The normalized spacial score (nSPS) is 10.5. The van der Waals surface area contributed by atoms with Crippen LogP contribution in [0.15, 0.2) is 48.5 Å². The van der Waals surface area contributed by atoms with Crippen molar-refractivity contribution in [2.75, 3.05) is 18.5 Å². The summed E-state index contributed by atoms with van der Waals surface area (Å²) in [6.45, 7) is 7.46. The first kappa shape index (κ1) is 17.9. The molecule has 0 aliphatic rings. The van der Waals surface area contributed by atoms with Crippen molar-refractivity contribution in [1.29, 1.82) is 0 Å². The average Bonchev–Trinajstić information content (AvgIpc) is 2.58. The smallest absolute Gasteiger partial charge is 0.259 e. The zero-order valence-electron chi connectivity index (χ0n) is 14.5. The van der Waals surface area contributed by atoms with Crippen molar-refractivity contribution >= 4 is 11.6 Å². The summed E-state index contributed by atoms with van der Waals surface area (Å²) < 4.78 is 11.3. The van der Waals surface area contributed by atoms with E-state index in [2.05, 4.69) is 19.2 Å². The van der Waals surface area contributed by atoms with Crippen molar-refractivity contribution in [3.63, 3.8) is 0 Å². The minimum absolute atomic E-state index is 0.192. The predicted octanol–water partition coefficient (Wildman–Crippen LogP) is 4.76. The lowest BCUT2D eigenvalue weighted by Crippen LogP contribution is -2.14. The first-order valence-corrected chi connectivity index (χ1v) is 8.36. The van der Waals surface area contributed by atoms with Crippen LogP contribution in [0.1, 0.15) is 37.6 Å². The van der Waals surface area contributed by atoms with E-state index in [1.165, 1.54) is 0 Å². The summed E-state index contributed by atoms with van der Waals surface area (Å²) >= 11 is 0. The molecule has 1 N–H and O–H groups in total. The fourth-order valence-corrected chi connectivity index (χ4v) is 2.12. The molecule has 2 aromatic rings. The highest BCUT2D eigenvalue weighted by atomic mass is 16.5. The molecule has 0 aliphatic carbocycles. The Morgan fingerprint density at radius 3 is 2.62 bits per heavy atom. The van der Waals surface area contributed by atoms with Crippen LogP contribution in [0.4, 0.5) is 5.69 Å². The molecular weight excluding hydrogens is 302 g/mol. The van der Waals surface area contributed by atoms with Gasteiger partial charge in [-0.1, -0.05) is 39.0 Å². The Morgan fingerprint density at radius 1 is 1.08 bits per heavy atom. The van der Waals surface area contributed by atoms with E-state index in [9.17, 15) is 4.79 Å². The fourth-order valence-electron chi connectivity index (χ4n) is 2.12. The van der Waals surface area contributed by atoms with Crippen molar-refractivity contribution in [2.24, 2.45) is 5.92 Å². The number of amides is 1. The molecule has 0 unspecified atom stereocenters. The third-order valence-electron chi connectivity index (χ3n) is 3.27. The number of nitrogens with one attached hydrogen (secondary N) is 1. The second-order valence-electron chi connectivity index (χ2n) is 6.03. The zero-order chi connectivity index (χ0) is 17.4. The minimum Gasteiger partial charge on any atom is -0.493 e. The van der Waals surface area contributed by atoms with Crippen LogP contribution in [0.5, 0.6) is 11.5 Å². The Morgan fingerprint density at radius 2 is 1.88 bits per heavy atom. The summed E-state index contributed by atoms with van der Waals surface area (Å²) in [5.74, 6) is 1.61. The highest BCUT2D eigenvalue weighted by molar-refractivity contribution is 6.06. The first-order chi connectivity index (χ1) is 11.6. The first-order valence-electron chi connectivity index (χ1n) is 8.36. The summed E-state index contributed by atoms with van der Waals surface area (Å²) in [5, 5.41) is 2.90. The topological polar surface area (TPSA) is 47.6 Å². The number of benzene rings is 2. The van der Waals surface area contributed by atoms with Gasteiger partial charge >= 0.3 is 0 Å². The van der Waals surface area contributed by atoms with Gasteiger partial charge in [0.2, 0.25) is 0 Å². The van der Waals surface area contributed by atoms with E-state index in [4.69, 9.17) is 9.47 Å². The number of carbonyl (C=O) groups excluding carboxylic acids is 1. The molecule has 0 saturated heterocycles. The summed E-state index contributed by atoms with van der Waals surface area (Å²) in [6, 6.07) is 14.7. The van der Waals surface area contributed by atoms with Crippen LogP contribution < -0.4 is 14.8 Å². The number of para-hydroxylation sites is 1. The van der Waals surface area contributed by atoms with Crippen LogP contribution in [0, 0.1) is 5.92 Å². The Bertz CT molecular complexity index is 667. The van der Waals surface area contributed by atoms with Gasteiger partial charge in [0.15, 0.2) is 0 Å². The van der Waals surface area contributed by atoms with Crippen LogP contribution in [0.25, 0.3) is 0 Å². The number of rotatable bonds is 8. The minimum atomic E-state index is -0.192. The largest absolute Gasteiger partial charge is 0.493 e. The van der Waals surface area contributed by atoms with Gasteiger partial charge in [-0.25, -0.2) is 0 Å². The van der Waals surface area contributed by atoms with Crippen LogP contribution in [-0.2, 0) is 0 Å². The molecule has 0 fully saturated rings. The van der Waals surface area contributed by atoms with Crippen molar-refractivity contribution in [3.8, 4) is 11.5 Å². The second kappa shape index (κ2) is 8.96. The van der Waals surface area contributed by atoms with E-state index in [0.29, 0.717) is 36.1 Å². The lowest BCUT2D eigenvalue weighted by molar-refractivity contribution is 0.102. The molecule has 0 saturated carbocycles. The molecule has 0 bridgehead atoms.